The quantitative estimate of drug-likeness (QED) is 0.0359. The third-order valence-electron chi connectivity index (χ3n) is 24.8. The number of aromatic nitrogens is 8. The number of benzene rings is 8. The fourth-order valence-electron chi connectivity index (χ4n) is 17.2. The van der Waals surface area contributed by atoms with Gasteiger partial charge >= 0.3 is 21.1 Å². The topological polar surface area (TPSA) is 211 Å². The largest absolute Gasteiger partial charge is 2.00 e. The molecule has 0 unspecified atom stereocenters. The van der Waals surface area contributed by atoms with E-state index in [1.54, 1.807) is 49.2 Å². The molecular formula is C124H129F4Ir2N10O4Pt3-3. The summed E-state index contributed by atoms with van der Waals surface area (Å²) in [7, 11) is 0. The maximum Gasteiger partial charge on any atom is 2.00 e. The molecule has 7 aromatic heterocycles. The molecule has 15 aromatic rings. The second-order valence-corrected chi connectivity index (χ2v) is 39.0. The predicted molar refractivity (Wildman–Crippen MR) is 576 cm³/mol. The minimum Gasteiger partial charge on any atom is -0.657 e. The van der Waals surface area contributed by atoms with Gasteiger partial charge in [0.25, 0.3) is 0 Å². The summed E-state index contributed by atoms with van der Waals surface area (Å²) < 4.78 is 52.1. The van der Waals surface area contributed by atoms with Gasteiger partial charge in [0.1, 0.15) is 17.2 Å². The first kappa shape index (κ1) is 123. The molecule has 0 aliphatic carbocycles. The summed E-state index contributed by atoms with van der Waals surface area (Å²) in [5.41, 5.74) is 33.8. The van der Waals surface area contributed by atoms with Crippen molar-refractivity contribution in [2.24, 2.45) is 9.98 Å². The number of rotatable bonds is 18. The van der Waals surface area contributed by atoms with Crippen LogP contribution in [0.4, 0.5) is 28.9 Å². The van der Waals surface area contributed by atoms with Gasteiger partial charge < -0.3 is 40.4 Å². The number of aryl methyl sites for hydroxylation is 5. The molecule has 2 radical (unpaired) electrons. The molecule has 14 nitrogen and oxygen atoms in total. The van der Waals surface area contributed by atoms with Crippen molar-refractivity contribution in [2.45, 2.75) is 225 Å². The molecule has 4 N–H and O–H groups in total. The van der Waals surface area contributed by atoms with E-state index in [1.807, 2.05) is 153 Å². The van der Waals surface area contributed by atoms with Crippen molar-refractivity contribution in [2.75, 3.05) is 0 Å². The summed E-state index contributed by atoms with van der Waals surface area (Å²) in [5, 5.41) is 40.9. The van der Waals surface area contributed by atoms with Crippen LogP contribution in [0.15, 0.2) is 265 Å². The predicted octanol–water partition coefficient (Wildman–Crippen LogP) is 31.2. The first-order valence-electron chi connectivity index (χ1n) is 48.8. The van der Waals surface area contributed by atoms with Gasteiger partial charge in [0.05, 0.1) is 40.8 Å². The van der Waals surface area contributed by atoms with Gasteiger partial charge in [-0.15, -0.1) is 70.6 Å². The Hall–Kier alpha value is -11.3. The molecule has 0 saturated heterocycles. The number of nitrogens with zero attached hydrogens (tertiary/aromatic N) is 10. The minimum absolute atomic E-state index is 0. The Labute approximate surface area is 935 Å². The van der Waals surface area contributed by atoms with E-state index in [-0.39, 0.29) is 154 Å². The first-order chi connectivity index (χ1) is 67.8. The monoisotopic (exact) mass is 2870 g/mol. The summed E-state index contributed by atoms with van der Waals surface area (Å²) in [4.78, 5) is 47.2. The standard InChI is InChI=1S/C36H44N4.C36H48N2O2.C16H11N2.C12H8F2NO.C12H8F2N.C12H10O.2Ir.3Pt/c1-9-21-22(10-2)30-18-32-25(13-5)26(14-6)34(39-32)20-36-28(16-8)27(15-7)35(40-36)19-33-24(12-4)23(11-3)31(38-33)17-29(21)37-30;1-33(2,3)25-17-23(31(39)27(19-25)35(7,8)9)21-37-29-15-13-14-16-30(29)38-22-24-18-26(34(4,5)6)20-28(32(24)40)36(10,11)12;1-3-10-17-15(8-1)13-6-5-7-14(12-13)16-9-2-4-11-18-16;13-9-1-2-10(11(14)6-9)12-5-8(7-16)3-4-15-12;1-8-4-5-15-12(6-8)10-3-2-9(13)7-11(10)14;13-12-9-5-4-8-11(12)10-6-2-1-3-7-10;;;;;/h17-20H,9-16H2,1-8H3;13-22,39-40H,1-12H3;1-11H;1,3-6,16H,7H2;2,4-7H,1H3;1-9,13H;;;;;/q-2;;3*-1;;;;;;+2. The second kappa shape index (κ2) is 55.8. The van der Waals surface area contributed by atoms with Crippen LogP contribution in [0.3, 0.4) is 0 Å². The van der Waals surface area contributed by atoms with Gasteiger partial charge in [0.15, 0.2) is 0 Å². The van der Waals surface area contributed by atoms with Crippen molar-refractivity contribution in [3.63, 3.8) is 0 Å². The molecule has 23 heteroatoms. The van der Waals surface area contributed by atoms with Crippen LogP contribution in [0.1, 0.15) is 254 Å². The Morgan fingerprint density at radius 1 is 0.367 bits per heavy atom. The fraction of sp³-hybridized carbons (Fsp3) is 0.274. The number of para-hydroxylation sites is 3. The number of allylic oxidation sites excluding steroid dienone is 4. The Morgan fingerprint density at radius 3 is 1.07 bits per heavy atom. The zero-order valence-corrected chi connectivity index (χ0v) is 98.8. The average Bonchev–Trinajstić information content (AvgIpc) is 1.62. The number of phenols is 3. The van der Waals surface area contributed by atoms with Gasteiger partial charge in [-0.2, -0.15) is 0 Å². The molecule has 8 aromatic carbocycles. The number of fused-ring (bicyclic) bond motifs is 8. The Balaban J connectivity index is 0.000000251. The number of aliphatic hydroxyl groups is 1. The van der Waals surface area contributed by atoms with E-state index in [0.717, 1.165) is 182 Å². The Kier molecular flexibility index (Phi) is 46.6. The average molecular weight is 2870 g/mol. The smallest absolute Gasteiger partial charge is 0.657 e. The van der Waals surface area contributed by atoms with E-state index in [2.05, 4.69) is 213 Å². The summed E-state index contributed by atoms with van der Waals surface area (Å²) in [5.74, 6) is -1.85. The number of hydrogen-bond donors (Lipinski definition) is 4. The van der Waals surface area contributed by atoms with Crippen LogP contribution < -0.4 is 9.97 Å². The molecule has 2 aliphatic heterocycles. The zero-order valence-electron chi connectivity index (χ0n) is 87.2. The van der Waals surface area contributed by atoms with E-state index >= 15 is 0 Å². The maximum absolute atomic E-state index is 13.4. The number of aromatic hydroxyl groups is 3. The third kappa shape index (κ3) is 31.5. The van der Waals surface area contributed by atoms with Gasteiger partial charge in [-0.1, -0.05) is 334 Å². The number of pyridine rings is 4. The zero-order chi connectivity index (χ0) is 102. The third-order valence-corrected chi connectivity index (χ3v) is 24.8. The van der Waals surface area contributed by atoms with Crippen LogP contribution in [-0.2, 0) is 157 Å². The van der Waals surface area contributed by atoms with E-state index < -0.39 is 23.3 Å². The molecular weight excluding hydrogens is 2740 g/mol. The van der Waals surface area contributed by atoms with Crippen LogP contribution in [-0.4, -0.2) is 62.8 Å². The normalized spacial score (nSPS) is 11.7. The molecule has 2 aliphatic rings. The number of halogens is 4. The number of hydrogen-bond acceptors (Lipinski definition) is 12. The fourth-order valence-corrected chi connectivity index (χ4v) is 17.2. The van der Waals surface area contributed by atoms with Gasteiger partial charge in [-0.05, 0) is 190 Å². The van der Waals surface area contributed by atoms with Gasteiger partial charge in [-0.25, -0.2) is 9.97 Å². The van der Waals surface area contributed by atoms with Gasteiger partial charge in [-0.3, -0.25) is 37.5 Å². The first-order valence-corrected chi connectivity index (χ1v) is 48.8. The van der Waals surface area contributed by atoms with Crippen molar-refractivity contribution >= 4 is 68.2 Å². The molecule has 0 fully saturated rings. The maximum atomic E-state index is 13.4. The van der Waals surface area contributed by atoms with Crippen molar-refractivity contribution in [3.05, 3.63) is 386 Å². The molecule has 147 heavy (non-hydrogen) atoms. The molecule has 17 rings (SSSR count). The Bertz CT molecular complexity index is 6890. The van der Waals surface area contributed by atoms with Crippen LogP contribution >= 0.6 is 0 Å². The van der Waals surface area contributed by atoms with E-state index in [1.165, 1.54) is 56.8 Å². The van der Waals surface area contributed by atoms with Crippen LogP contribution in [0, 0.1) is 48.4 Å². The van der Waals surface area contributed by atoms with Crippen molar-refractivity contribution in [1.29, 1.82) is 0 Å². The van der Waals surface area contributed by atoms with Gasteiger partial charge in [0.2, 0.25) is 0 Å². The van der Waals surface area contributed by atoms with E-state index in [9.17, 15) is 32.9 Å². The molecule has 778 valence electrons. The number of phenolic OH excluding ortho intramolecular Hbond substituents is 3. The van der Waals surface area contributed by atoms with Gasteiger partial charge in [0, 0.05) is 182 Å². The van der Waals surface area contributed by atoms with Crippen molar-refractivity contribution in [1.82, 2.24) is 39.9 Å². The SMILES string of the molecule is CC(C)(C)c1cc(C=Nc2ccccc2N=Cc2cc(C(C)(C)C)cc(C(C)(C)C)c2O)c(O)c(C(C)(C)C)c1.CCC1=C(CC)c2cc3[n-]c(cc4nc(cc5[n-]c(cc1n2)c(CC)c5CC)C(CC)=C4CC)c(CC)c3CC.Cc1ccnc(-c2[c-]cc(F)cc2F)c1.OCc1ccnc(-c2[c-]cc(F)cc2F)c1.Oc1ccccc1-c1ccccc1.[Ir].[Ir].[Pt+2].[Pt].[Pt].[c-]1c(-c2ccccn2)cccc1-c1ccccn1. The molecule has 0 amide bonds. The van der Waals surface area contributed by atoms with Crippen molar-refractivity contribution in [3.8, 4) is 73.4 Å². The van der Waals surface area contributed by atoms with E-state index in [4.69, 9.17) is 35.0 Å². The summed E-state index contributed by atoms with van der Waals surface area (Å²) in [6, 6.07) is 78.6. The molecule has 8 bridgehead atoms. The molecule has 9 heterocycles. The number of aliphatic imine (C=N–C) groups is 2. The van der Waals surface area contributed by atoms with Crippen LogP contribution in [0.5, 0.6) is 17.2 Å². The summed E-state index contributed by atoms with van der Waals surface area (Å²) in [6.45, 7) is 45.3. The summed E-state index contributed by atoms with van der Waals surface area (Å²) in [6.07, 6.45) is 17.7. The van der Waals surface area contributed by atoms with Crippen molar-refractivity contribution < 1.29 is 141 Å². The van der Waals surface area contributed by atoms with E-state index in [0.29, 0.717) is 45.2 Å². The minimum atomic E-state index is -0.720. The van der Waals surface area contributed by atoms with Crippen LogP contribution in [0.2, 0.25) is 0 Å². The van der Waals surface area contributed by atoms with Crippen LogP contribution in [0.25, 0.3) is 101 Å². The number of aliphatic hydroxyl groups excluding tert-OH is 1. The molecule has 0 spiro atoms. The molecule has 0 atom stereocenters. The Morgan fingerprint density at radius 2 is 0.728 bits per heavy atom. The second-order valence-electron chi connectivity index (χ2n) is 39.0. The molecule has 0 saturated carbocycles. The summed E-state index contributed by atoms with van der Waals surface area (Å²) >= 11 is 0.